The van der Waals surface area contributed by atoms with E-state index in [2.05, 4.69) is 0 Å². The fraction of sp³-hybridized carbons (Fsp3) is 0.364. The van der Waals surface area contributed by atoms with Gasteiger partial charge in [0.25, 0.3) is 0 Å². The Kier molecular flexibility index (Phi) is 3.97. The van der Waals surface area contributed by atoms with Crippen LogP contribution in [0.4, 0.5) is 0 Å². The zero-order chi connectivity index (χ0) is 11.4. The highest BCUT2D eigenvalue weighted by atomic mass is 35.5. The van der Waals surface area contributed by atoms with Gasteiger partial charge < -0.3 is 9.84 Å². The van der Waals surface area contributed by atoms with Crippen LogP contribution in [-0.2, 0) is 11.2 Å². The SMILES string of the molecule is COc1cc(CCC(=O)O)cc(C)c1Cl. The zero-order valence-electron chi connectivity index (χ0n) is 8.71. The zero-order valence-corrected chi connectivity index (χ0v) is 9.47. The van der Waals surface area contributed by atoms with Crippen molar-refractivity contribution in [2.75, 3.05) is 7.11 Å². The smallest absolute Gasteiger partial charge is 0.303 e. The van der Waals surface area contributed by atoms with Crippen LogP contribution in [0.1, 0.15) is 17.5 Å². The van der Waals surface area contributed by atoms with Crippen molar-refractivity contribution in [2.45, 2.75) is 19.8 Å². The number of rotatable bonds is 4. The maximum Gasteiger partial charge on any atom is 0.303 e. The Labute approximate surface area is 93.6 Å². The molecule has 0 saturated heterocycles. The summed E-state index contributed by atoms with van der Waals surface area (Å²) in [5.74, 6) is -0.210. The van der Waals surface area contributed by atoms with E-state index in [1.165, 1.54) is 0 Å². The van der Waals surface area contributed by atoms with E-state index in [1.54, 1.807) is 13.2 Å². The van der Waals surface area contributed by atoms with Crippen LogP contribution in [0.2, 0.25) is 5.02 Å². The van der Waals surface area contributed by atoms with E-state index in [4.69, 9.17) is 21.4 Å². The van der Waals surface area contributed by atoms with Gasteiger partial charge in [0, 0.05) is 6.42 Å². The molecule has 0 bridgehead atoms. The first-order chi connectivity index (χ1) is 7.04. The van der Waals surface area contributed by atoms with Crippen LogP contribution in [0.25, 0.3) is 0 Å². The fourth-order valence-electron chi connectivity index (χ4n) is 1.35. The first kappa shape index (κ1) is 11.9. The first-order valence-electron chi connectivity index (χ1n) is 4.59. The van der Waals surface area contributed by atoms with Gasteiger partial charge in [-0.05, 0) is 30.5 Å². The minimum atomic E-state index is -0.804. The summed E-state index contributed by atoms with van der Waals surface area (Å²) >= 11 is 5.99. The van der Waals surface area contributed by atoms with E-state index in [0.29, 0.717) is 17.2 Å². The summed E-state index contributed by atoms with van der Waals surface area (Å²) < 4.78 is 5.09. The Morgan fingerprint density at radius 1 is 1.53 bits per heavy atom. The van der Waals surface area contributed by atoms with Gasteiger partial charge in [-0.1, -0.05) is 17.7 Å². The van der Waals surface area contributed by atoms with Crippen molar-refractivity contribution in [1.82, 2.24) is 0 Å². The molecule has 15 heavy (non-hydrogen) atoms. The van der Waals surface area contributed by atoms with Crippen molar-refractivity contribution in [3.63, 3.8) is 0 Å². The molecule has 1 aromatic rings. The fourth-order valence-corrected chi connectivity index (χ4v) is 1.54. The van der Waals surface area contributed by atoms with E-state index >= 15 is 0 Å². The predicted molar refractivity (Wildman–Crippen MR) is 58.7 cm³/mol. The average Bonchev–Trinajstić information content (AvgIpc) is 2.19. The minimum Gasteiger partial charge on any atom is -0.495 e. The summed E-state index contributed by atoms with van der Waals surface area (Å²) in [5.41, 5.74) is 1.83. The molecule has 0 unspecified atom stereocenters. The van der Waals surface area contributed by atoms with Gasteiger partial charge in [-0.25, -0.2) is 0 Å². The lowest BCUT2D eigenvalue weighted by Crippen LogP contribution is -1.98. The lowest BCUT2D eigenvalue weighted by molar-refractivity contribution is -0.136. The number of aliphatic carboxylic acids is 1. The number of carbonyl (C=O) groups is 1. The molecule has 0 aliphatic carbocycles. The number of benzene rings is 1. The number of ether oxygens (including phenoxy) is 1. The van der Waals surface area contributed by atoms with Crippen molar-refractivity contribution in [1.29, 1.82) is 0 Å². The van der Waals surface area contributed by atoms with Crippen LogP contribution in [0.3, 0.4) is 0 Å². The molecule has 1 rings (SSSR count). The third-order valence-electron chi connectivity index (χ3n) is 2.13. The molecule has 0 atom stereocenters. The maximum atomic E-state index is 10.4. The Morgan fingerprint density at radius 3 is 2.73 bits per heavy atom. The first-order valence-corrected chi connectivity index (χ1v) is 4.97. The van der Waals surface area contributed by atoms with Crippen LogP contribution in [0, 0.1) is 6.92 Å². The Hall–Kier alpha value is -1.22. The van der Waals surface area contributed by atoms with Gasteiger partial charge in [0.05, 0.1) is 12.1 Å². The average molecular weight is 229 g/mol. The molecule has 3 nitrogen and oxygen atoms in total. The normalized spacial score (nSPS) is 10.1. The van der Waals surface area contributed by atoms with E-state index in [-0.39, 0.29) is 6.42 Å². The Morgan fingerprint density at radius 2 is 2.20 bits per heavy atom. The molecule has 0 aliphatic heterocycles. The molecule has 0 heterocycles. The summed E-state index contributed by atoms with van der Waals surface area (Å²) in [5, 5.41) is 9.15. The quantitative estimate of drug-likeness (QED) is 0.862. The van der Waals surface area contributed by atoms with Gasteiger partial charge in [0.15, 0.2) is 0 Å². The molecule has 4 heteroatoms. The molecule has 82 valence electrons. The summed E-state index contributed by atoms with van der Waals surface area (Å²) in [7, 11) is 1.54. The van der Waals surface area contributed by atoms with Crippen LogP contribution < -0.4 is 4.74 Å². The predicted octanol–water partition coefficient (Wildman–Crippen LogP) is 2.67. The Balaban J connectivity index is 2.90. The van der Waals surface area contributed by atoms with Crippen LogP contribution in [-0.4, -0.2) is 18.2 Å². The second-order valence-electron chi connectivity index (χ2n) is 3.32. The van der Waals surface area contributed by atoms with Gasteiger partial charge in [0.2, 0.25) is 0 Å². The van der Waals surface area contributed by atoms with Crippen molar-refractivity contribution in [3.05, 3.63) is 28.3 Å². The highest BCUT2D eigenvalue weighted by molar-refractivity contribution is 6.32. The number of aryl methyl sites for hydroxylation is 2. The molecule has 0 spiro atoms. The summed E-state index contributed by atoms with van der Waals surface area (Å²) in [6, 6.07) is 3.66. The molecule has 0 saturated carbocycles. The highest BCUT2D eigenvalue weighted by Crippen LogP contribution is 2.29. The van der Waals surface area contributed by atoms with E-state index in [0.717, 1.165) is 11.1 Å². The monoisotopic (exact) mass is 228 g/mol. The number of hydrogen-bond acceptors (Lipinski definition) is 2. The molecular formula is C11H13ClO3. The highest BCUT2D eigenvalue weighted by Gasteiger charge is 2.07. The number of carboxylic acid groups (broad SMARTS) is 1. The number of methoxy groups -OCH3 is 1. The molecular weight excluding hydrogens is 216 g/mol. The summed E-state index contributed by atoms with van der Waals surface area (Å²) in [6.07, 6.45) is 0.605. The lowest BCUT2D eigenvalue weighted by atomic mass is 10.1. The molecule has 1 aromatic carbocycles. The molecule has 1 N–H and O–H groups in total. The molecule has 0 radical (unpaired) electrons. The van der Waals surface area contributed by atoms with Crippen LogP contribution in [0.15, 0.2) is 12.1 Å². The van der Waals surface area contributed by atoms with Crippen molar-refractivity contribution in [2.24, 2.45) is 0 Å². The van der Waals surface area contributed by atoms with E-state index < -0.39 is 5.97 Å². The number of hydrogen-bond donors (Lipinski definition) is 1. The van der Waals surface area contributed by atoms with Gasteiger partial charge in [0.1, 0.15) is 5.75 Å². The van der Waals surface area contributed by atoms with Gasteiger partial charge in [-0.15, -0.1) is 0 Å². The molecule has 0 amide bonds. The van der Waals surface area contributed by atoms with Gasteiger partial charge in [-0.3, -0.25) is 4.79 Å². The maximum absolute atomic E-state index is 10.4. The molecule has 0 aromatic heterocycles. The summed E-state index contributed by atoms with van der Waals surface area (Å²) in [6.45, 7) is 1.87. The second-order valence-corrected chi connectivity index (χ2v) is 3.70. The summed E-state index contributed by atoms with van der Waals surface area (Å²) in [4.78, 5) is 10.4. The number of halogens is 1. The van der Waals surface area contributed by atoms with Crippen molar-refractivity contribution >= 4 is 17.6 Å². The van der Waals surface area contributed by atoms with Gasteiger partial charge in [-0.2, -0.15) is 0 Å². The minimum absolute atomic E-state index is 0.115. The van der Waals surface area contributed by atoms with Crippen LogP contribution in [0.5, 0.6) is 5.75 Å². The van der Waals surface area contributed by atoms with Crippen molar-refractivity contribution in [3.8, 4) is 5.75 Å². The second kappa shape index (κ2) is 5.03. The van der Waals surface area contributed by atoms with Crippen molar-refractivity contribution < 1.29 is 14.6 Å². The molecule has 0 aliphatic rings. The number of carboxylic acids is 1. The third-order valence-corrected chi connectivity index (χ3v) is 2.61. The lowest BCUT2D eigenvalue weighted by Gasteiger charge is -2.08. The van der Waals surface area contributed by atoms with Crippen LogP contribution >= 0.6 is 11.6 Å². The largest absolute Gasteiger partial charge is 0.495 e. The van der Waals surface area contributed by atoms with E-state index in [9.17, 15) is 4.79 Å². The standard InChI is InChI=1S/C11H13ClO3/c1-7-5-8(3-4-10(13)14)6-9(15-2)11(7)12/h5-6H,3-4H2,1-2H3,(H,13,14). The topological polar surface area (TPSA) is 46.5 Å². The third kappa shape index (κ3) is 3.13. The molecule has 0 fully saturated rings. The Bertz CT molecular complexity index is 374. The van der Waals surface area contributed by atoms with E-state index in [1.807, 2.05) is 13.0 Å². The van der Waals surface area contributed by atoms with Gasteiger partial charge >= 0.3 is 5.97 Å².